The molecule has 0 aliphatic carbocycles. The van der Waals surface area contributed by atoms with Crippen LogP contribution in [-0.4, -0.2) is 77.0 Å². The predicted molar refractivity (Wildman–Crippen MR) is 66.7 cm³/mol. The van der Waals surface area contributed by atoms with Gasteiger partial charge in [-0.2, -0.15) is 110 Å². The van der Waals surface area contributed by atoms with Crippen molar-refractivity contribution in [2.45, 2.75) is 72.1 Å². The summed E-state index contributed by atoms with van der Waals surface area (Å²) in [6, 6.07) is -27.3. The molecule has 0 aromatic carbocycles. The van der Waals surface area contributed by atoms with Crippen LogP contribution >= 0.6 is 0 Å². The van der Waals surface area contributed by atoms with Crippen LogP contribution in [0.2, 0.25) is 0 Å². The van der Waals surface area contributed by atoms with E-state index in [4.69, 9.17) is 0 Å². The summed E-state index contributed by atoms with van der Waals surface area (Å²) in [6.07, 6.45) is -24.4. The molecule has 0 aromatic rings. The molecule has 0 saturated carbocycles. The molecular formula is C12F27NO2. The predicted octanol–water partition coefficient (Wildman–Crippen LogP) is 8.43. The Bertz CT molecular complexity index is 937. The molecule has 0 spiro atoms. The van der Waals surface area contributed by atoms with Gasteiger partial charge in [0.15, 0.2) is 0 Å². The molecule has 0 rings (SSSR count). The average Bonchev–Trinajstić information content (AvgIpc) is 2.76. The highest BCUT2D eigenvalue weighted by Gasteiger charge is 2.97. The second kappa shape index (κ2) is 10.0. The zero-order valence-electron chi connectivity index (χ0n) is 17.5. The Morgan fingerprint density at radius 2 is 0.500 bits per heavy atom. The van der Waals surface area contributed by atoms with Crippen molar-refractivity contribution >= 4 is 0 Å². The van der Waals surface area contributed by atoms with E-state index in [2.05, 4.69) is 0 Å². The van der Waals surface area contributed by atoms with E-state index in [1.165, 1.54) is 0 Å². The van der Waals surface area contributed by atoms with Crippen LogP contribution in [0, 0.1) is 0 Å². The second-order valence-corrected chi connectivity index (χ2v) is 7.09. The van der Waals surface area contributed by atoms with Gasteiger partial charge in [0.1, 0.15) is 0 Å². The highest BCUT2D eigenvalue weighted by molar-refractivity contribution is 5.16. The highest BCUT2D eigenvalue weighted by Crippen LogP contribution is 2.66. The Kier molecular flexibility index (Phi) is 9.53. The summed E-state index contributed by atoms with van der Waals surface area (Å²) in [7, 11) is 0. The maximum Gasteiger partial charge on any atom is 0.465 e. The van der Waals surface area contributed by atoms with Crippen LogP contribution in [0.1, 0.15) is 0 Å². The Morgan fingerprint density at radius 3 is 0.714 bits per heavy atom. The third-order valence-corrected chi connectivity index (χ3v) is 4.44. The molecular weight excluding hydrogens is 703 g/mol. The molecule has 42 heavy (non-hydrogen) atoms. The van der Waals surface area contributed by atoms with Crippen LogP contribution in [0.25, 0.3) is 0 Å². The summed E-state index contributed by atoms with van der Waals surface area (Å²) in [4.78, 5) is -4.16. The fourth-order valence-electron chi connectivity index (χ4n) is 2.18. The summed E-state index contributed by atoms with van der Waals surface area (Å²) in [5.74, 6) is -56.7. The Labute approximate surface area is 207 Å². The quantitative estimate of drug-likeness (QED) is 0.142. The number of alkyl halides is 25. The molecule has 0 fully saturated rings. The minimum absolute atomic E-state index is 0.693. The number of halogens is 27. The maximum absolute atomic E-state index is 13.9. The van der Waals surface area contributed by atoms with Crippen LogP contribution < -0.4 is 0 Å². The van der Waals surface area contributed by atoms with E-state index in [0.717, 1.165) is 0 Å². The van der Waals surface area contributed by atoms with Gasteiger partial charge in [0, 0.05) is 0 Å². The molecule has 0 aromatic heterocycles. The SMILES string of the molecule is FOC(F)(F)C(F)(F)N(C(F)(F)C(F)(F)OF)C(F)(F)C(F)(F)C(F)(F)C(F)(F)C(F)(F)C(F)(F)C(F)(F)C(F)(F)F. The molecule has 0 saturated heterocycles. The van der Waals surface area contributed by atoms with E-state index in [1.54, 1.807) is 0 Å². The van der Waals surface area contributed by atoms with Gasteiger partial charge in [0.25, 0.3) is 0 Å². The van der Waals surface area contributed by atoms with E-state index < -0.39 is 77.0 Å². The zero-order chi connectivity index (χ0) is 35.0. The van der Waals surface area contributed by atoms with E-state index in [-0.39, 0.29) is 0 Å². The van der Waals surface area contributed by atoms with Gasteiger partial charge >= 0.3 is 72.1 Å². The van der Waals surface area contributed by atoms with Crippen molar-refractivity contribution in [1.82, 2.24) is 4.90 Å². The van der Waals surface area contributed by atoms with Gasteiger partial charge in [0.05, 0.1) is 0 Å². The standard InChI is InChI=1S/C12F27NO2/c13-1(14,3(17,18)5(21,22)7(25,26)27)2(15,16)4(19,20)6(23,24)8(28,29)40(9(30,31)11(34,35)41-38)10(32,33)12(36,37)42-39. The van der Waals surface area contributed by atoms with Gasteiger partial charge in [-0.15, -0.1) is 9.88 Å². The molecule has 0 amide bonds. The van der Waals surface area contributed by atoms with Crippen molar-refractivity contribution < 1.29 is 129 Å². The summed E-state index contributed by atoms with van der Waals surface area (Å²) in [6.45, 7) is 0. The van der Waals surface area contributed by atoms with Gasteiger partial charge in [-0.1, -0.05) is 4.90 Å². The van der Waals surface area contributed by atoms with Crippen molar-refractivity contribution in [2.75, 3.05) is 0 Å². The molecule has 0 N–H and O–H groups in total. The topological polar surface area (TPSA) is 21.7 Å². The van der Waals surface area contributed by atoms with Gasteiger partial charge < -0.3 is 0 Å². The molecule has 254 valence electrons. The zero-order valence-corrected chi connectivity index (χ0v) is 17.5. The summed E-state index contributed by atoms with van der Waals surface area (Å²) < 4.78 is 353. The lowest BCUT2D eigenvalue weighted by atomic mass is 9.90. The lowest BCUT2D eigenvalue weighted by molar-refractivity contribution is -0.557. The second-order valence-electron chi connectivity index (χ2n) is 7.09. The van der Waals surface area contributed by atoms with Crippen LogP contribution in [0.5, 0.6) is 0 Å². The van der Waals surface area contributed by atoms with Crippen LogP contribution in [0.15, 0.2) is 0 Å². The van der Waals surface area contributed by atoms with Crippen molar-refractivity contribution in [3.05, 3.63) is 0 Å². The Morgan fingerprint density at radius 1 is 0.286 bits per heavy atom. The molecule has 0 atom stereocenters. The van der Waals surface area contributed by atoms with Crippen LogP contribution in [-0.2, 0) is 9.88 Å². The largest absolute Gasteiger partial charge is 0.465 e. The Balaban J connectivity index is 7.81. The first-order valence-corrected chi connectivity index (χ1v) is 8.36. The highest BCUT2D eigenvalue weighted by atomic mass is 19.4. The summed E-state index contributed by atoms with van der Waals surface area (Å²) in [5, 5.41) is 0. The maximum atomic E-state index is 13.9. The summed E-state index contributed by atoms with van der Waals surface area (Å²) in [5.41, 5.74) is 0. The lowest BCUT2D eigenvalue weighted by Gasteiger charge is -2.48. The summed E-state index contributed by atoms with van der Waals surface area (Å²) >= 11 is 0. The number of rotatable bonds is 13. The molecule has 0 radical (unpaired) electrons. The van der Waals surface area contributed by atoms with Crippen molar-refractivity contribution in [1.29, 1.82) is 0 Å². The first-order valence-electron chi connectivity index (χ1n) is 8.36. The minimum atomic E-state index is -9.79. The molecule has 30 heteroatoms. The van der Waals surface area contributed by atoms with E-state index in [9.17, 15) is 119 Å². The molecule has 0 bridgehead atoms. The lowest BCUT2D eigenvalue weighted by Crippen LogP contribution is -2.80. The number of hydrogen-bond donors (Lipinski definition) is 0. The van der Waals surface area contributed by atoms with Crippen molar-refractivity contribution in [3.63, 3.8) is 0 Å². The average molecular weight is 703 g/mol. The van der Waals surface area contributed by atoms with Crippen molar-refractivity contribution in [2.24, 2.45) is 0 Å². The smallest absolute Gasteiger partial charge is 0.192 e. The molecule has 0 aliphatic rings. The molecule has 0 unspecified atom stereocenters. The van der Waals surface area contributed by atoms with Crippen molar-refractivity contribution in [3.8, 4) is 0 Å². The van der Waals surface area contributed by atoms with Gasteiger partial charge in [-0.05, 0) is 9.05 Å². The van der Waals surface area contributed by atoms with Gasteiger partial charge in [-0.3, -0.25) is 0 Å². The number of nitrogens with zero attached hydrogens (tertiary/aromatic N) is 1. The first kappa shape index (κ1) is 40.0. The fourth-order valence-corrected chi connectivity index (χ4v) is 2.18. The third-order valence-electron chi connectivity index (χ3n) is 4.44. The van der Waals surface area contributed by atoms with Gasteiger partial charge in [-0.25, -0.2) is 0 Å². The van der Waals surface area contributed by atoms with E-state index >= 15 is 0 Å². The minimum Gasteiger partial charge on any atom is -0.192 e. The van der Waals surface area contributed by atoms with E-state index in [0.29, 0.717) is 9.88 Å². The normalized spacial score (nSPS) is 16.9. The molecule has 0 heterocycles. The Hall–Kier alpha value is -2.01. The fraction of sp³-hybridized carbons (Fsp3) is 1.00. The van der Waals surface area contributed by atoms with E-state index in [1.807, 2.05) is 0 Å². The molecule has 0 aliphatic heterocycles. The third kappa shape index (κ3) is 4.90. The molecule has 3 nitrogen and oxygen atoms in total. The number of hydrogen-bond acceptors (Lipinski definition) is 3. The first-order chi connectivity index (χ1) is 17.7. The monoisotopic (exact) mass is 703 g/mol. The van der Waals surface area contributed by atoms with Crippen LogP contribution in [0.3, 0.4) is 0 Å². The van der Waals surface area contributed by atoms with Gasteiger partial charge in [0.2, 0.25) is 0 Å². The van der Waals surface area contributed by atoms with Crippen LogP contribution in [0.4, 0.5) is 119 Å².